The van der Waals surface area contributed by atoms with Gasteiger partial charge in [0.05, 0.1) is 7.11 Å². The van der Waals surface area contributed by atoms with Crippen LogP contribution in [0.25, 0.3) is 16.3 Å². The van der Waals surface area contributed by atoms with Crippen LogP contribution in [0.2, 0.25) is 0 Å². The highest BCUT2D eigenvalue weighted by Crippen LogP contribution is 2.56. The summed E-state index contributed by atoms with van der Waals surface area (Å²) in [6, 6.07) is 10.1. The summed E-state index contributed by atoms with van der Waals surface area (Å²) in [6.07, 6.45) is 5.30. The minimum atomic E-state index is -0.401. The zero-order valence-electron chi connectivity index (χ0n) is 15.1. The van der Waals surface area contributed by atoms with Crippen molar-refractivity contribution < 1.29 is 19.1 Å². The van der Waals surface area contributed by atoms with E-state index in [0.29, 0.717) is 12.2 Å². The fourth-order valence-electron chi connectivity index (χ4n) is 4.43. The highest BCUT2D eigenvalue weighted by Gasteiger charge is 2.44. The summed E-state index contributed by atoms with van der Waals surface area (Å²) in [5.74, 6) is 0.509. The van der Waals surface area contributed by atoms with Crippen LogP contribution in [0.4, 0.5) is 0 Å². The number of fused-ring (bicyclic) bond motifs is 5. The van der Waals surface area contributed by atoms with E-state index < -0.39 is 5.97 Å². The normalized spacial score (nSPS) is 21.2. The van der Waals surface area contributed by atoms with Gasteiger partial charge in [-0.2, -0.15) is 0 Å². The van der Waals surface area contributed by atoms with Gasteiger partial charge in [0.2, 0.25) is 0 Å². The maximum Gasteiger partial charge on any atom is 0.343 e. The van der Waals surface area contributed by atoms with Crippen molar-refractivity contribution in [3.63, 3.8) is 0 Å². The van der Waals surface area contributed by atoms with E-state index in [2.05, 4.69) is 17.7 Å². The Morgan fingerprint density at radius 3 is 2.73 bits per heavy atom. The Balaban J connectivity index is 1.89. The van der Waals surface area contributed by atoms with Gasteiger partial charge in [-0.25, -0.2) is 4.79 Å². The number of carbonyl (C=O) groups excluding carboxylic acids is 2. The molecule has 0 spiro atoms. The second kappa shape index (κ2) is 6.27. The molecule has 1 atom stereocenters. The number of methoxy groups -OCH3 is 1. The highest BCUT2D eigenvalue weighted by atomic mass is 16.6. The van der Waals surface area contributed by atoms with E-state index in [4.69, 9.17) is 4.74 Å². The maximum atomic E-state index is 12.1. The number of ketones is 1. The van der Waals surface area contributed by atoms with Crippen molar-refractivity contribution in [2.45, 2.75) is 32.6 Å². The van der Waals surface area contributed by atoms with Gasteiger partial charge in [-0.05, 0) is 53.5 Å². The van der Waals surface area contributed by atoms with Gasteiger partial charge < -0.3 is 9.47 Å². The molecule has 0 N–H and O–H groups in total. The summed E-state index contributed by atoms with van der Waals surface area (Å²) in [5, 5.41) is 2.04. The largest absolute Gasteiger partial charge is 0.481 e. The van der Waals surface area contributed by atoms with Crippen LogP contribution in [-0.2, 0) is 20.7 Å². The summed E-state index contributed by atoms with van der Waals surface area (Å²) >= 11 is 0. The third-order valence-corrected chi connectivity index (χ3v) is 5.86. The van der Waals surface area contributed by atoms with Crippen molar-refractivity contribution in [3.8, 4) is 5.75 Å². The molecule has 4 rings (SSSR count). The van der Waals surface area contributed by atoms with Crippen LogP contribution >= 0.6 is 0 Å². The number of allylic oxidation sites excluding steroid dienone is 2. The summed E-state index contributed by atoms with van der Waals surface area (Å²) < 4.78 is 10.5. The number of hydrogen-bond acceptors (Lipinski definition) is 4. The van der Waals surface area contributed by atoms with Crippen molar-refractivity contribution in [1.29, 1.82) is 0 Å². The Kier molecular flexibility index (Phi) is 4.06. The molecule has 2 aromatic rings. The van der Waals surface area contributed by atoms with Crippen molar-refractivity contribution in [2.75, 3.05) is 13.7 Å². The van der Waals surface area contributed by atoms with Gasteiger partial charge in [0.25, 0.3) is 0 Å². The van der Waals surface area contributed by atoms with Crippen LogP contribution in [0.5, 0.6) is 5.75 Å². The van der Waals surface area contributed by atoms with Crippen LogP contribution in [0.3, 0.4) is 0 Å². The van der Waals surface area contributed by atoms with Crippen molar-refractivity contribution in [3.05, 3.63) is 47.5 Å². The Labute approximate surface area is 152 Å². The molecule has 0 aliphatic heterocycles. The average Bonchev–Trinajstić information content (AvgIpc) is 3.00. The molecule has 134 valence electrons. The topological polar surface area (TPSA) is 52.6 Å². The van der Waals surface area contributed by atoms with Gasteiger partial charge in [-0.1, -0.05) is 31.2 Å². The molecule has 0 saturated heterocycles. The lowest BCUT2D eigenvalue weighted by atomic mass is 9.70. The molecule has 4 nitrogen and oxygen atoms in total. The first-order chi connectivity index (χ1) is 12.6. The van der Waals surface area contributed by atoms with Crippen LogP contribution in [0.15, 0.2) is 36.4 Å². The molecule has 0 radical (unpaired) electrons. The van der Waals surface area contributed by atoms with Gasteiger partial charge in [0, 0.05) is 17.2 Å². The van der Waals surface area contributed by atoms with E-state index >= 15 is 0 Å². The molecule has 2 aromatic carbocycles. The molecule has 1 unspecified atom stereocenters. The minimum Gasteiger partial charge on any atom is -0.481 e. The molecule has 0 saturated carbocycles. The summed E-state index contributed by atoms with van der Waals surface area (Å²) in [6.45, 7) is 2.09. The fraction of sp³-hybridized carbons (Fsp3) is 0.364. The molecule has 0 bridgehead atoms. The third kappa shape index (κ3) is 2.52. The van der Waals surface area contributed by atoms with Gasteiger partial charge in [0.15, 0.2) is 12.4 Å². The lowest BCUT2D eigenvalue weighted by Crippen LogP contribution is -2.24. The number of esters is 1. The lowest BCUT2D eigenvalue weighted by molar-refractivity contribution is -0.142. The Bertz CT molecular complexity index is 941. The minimum absolute atomic E-state index is 0.0417. The molecule has 0 aromatic heterocycles. The van der Waals surface area contributed by atoms with Gasteiger partial charge >= 0.3 is 5.97 Å². The lowest BCUT2D eigenvalue weighted by Gasteiger charge is -2.32. The van der Waals surface area contributed by atoms with Crippen LogP contribution in [0, 0.1) is 5.41 Å². The molecule has 26 heavy (non-hydrogen) atoms. The monoisotopic (exact) mass is 350 g/mol. The van der Waals surface area contributed by atoms with Gasteiger partial charge in [0.1, 0.15) is 5.75 Å². The standard InChI is InChI=1S/C22H22O4/c1-3-22-9-8-15(23)11-18(22)21-14(12-22)10-19(26-13-20(24)25-2)16-6-4-5-7-17(16)21/h4-7,10-11H,3,8-9,12-13H2,1-2H3. The van der Waals surface area contributed by atoms with Crippen molar-refractivity contribution in [2.24, 2.45) is 5.41 Å². The predicted molar refractivity (Wildman–Crippen MR) is 100 cm³/mol. The van der Waals surface area contributed by atoms with E-state index in [1.807, 2.05) is 30.3 Å². The maximum absolute atomic E-state index is 12.1. The summed E-state index contributed by atoms with van der Waals surface area (Å²) in [5.41, 5.74) is 3.61. The number of rotatable bonds is 4. The molecule has 2 aliphatic rings. The van der Waals surface area contributed by atoms with Crippen molar-refractivity contribution >= 4 is 28.1 Å². The Morgan fingerprint density at radius 1 is 1.23 bits per heavy atom. The smallest absolute Gasteiger partial charge is 0.343 e. The van der Waals surface area contributed by atoms with E-state index in [1.165, 1.54) is 23.8 Å². The zero-order valence-corrected chi connectivity index (χ0v) is 15.1. The van der Waals surface area contributed by atoms with E-state index in [-0.39, 0.29) is 17.8 Å². The predicted octanol–water partition coefficient (Wildman–Crippen LogP) is 4.09. The molecular formula is C22H22O4. The van der Waals surface area contributed by atoms with Gasteiger partial charge in [-0.3, -0.25) is 4.79 Å². The SMILES string of the molecule is CCC12CCC(=O)C=C1c1c(cc(OCC(=O)OC)c3ccccc13)C2. The number of ether oxygens (including phenoxy) is 2. The molecule has 4 heteroatoms. The fourth-order valence-corrected chi connectivity index (χ4v) is 4.43. The average molecular weight is 350 g/mol. The summed E-state index contributed by atoms with van der Waals surface area (Å²) in [4.78, 5) is 23.6. The molecular weight excluding hydrogens is 328 g/mol. The molecule has 0 heterocycles. The first-order valence-electron chi connectivity index (χ1n) is 9.07. The third-order valence-electron chi connectivity index (χ3n) is 5.86. The first kappa shape index (κ1) is 16.8. The molecule has 0 amide bonds. The van der Waals surface area contributed by atoms with Crippen LogP contribution in [-0.4, -0.2) is 25.5 Å². The second-order valence-electron chi connectivity index (χ2n) is 7.15. The summed E-state index contributed by atoms with van der Waals surface area (Å²) in [7, 11) is 1.35. The van der Waals surface area contributed by atoms with E-state index in [0.717, 1.165) is 30.0 Å². The number of hydrogen-bond donors (Lipinski definition) is 0. The molecule has 0 fully saturated rings. The quantitative estimate of drug-likeness (QED) is 0.780. The second-order valence-corrected chi connectivity index (χ2v) is 7.15. The van der Waals surface area contributed by atoms with Crippen LogP contribution < -0.4 is 4.74 Å². The van der Waals surface area contributed by atoms with Gasteiger partial charge in [-0.15, -0.1) is 0 Å². The Morgan fingerprint density at radius 2 is 2.00 bits per heavy atom. The van der Waals surface area contributed by atoms with E-state index in [9.17, 15) is 9.59 Å². The Hall–Kier alpha value is -2.62. The highest BCUT2D eigenvalue weighted by molar-refractivity contribution is 6.08. The molecule has 2 aliphatic carbocycles. The van der Waals surface area contributed by atoms with Crippen LogP contribution in [0.1, 0.15) is 37.3 Å². The van der Waals surface area contributed by atoms with Crippen molar-refractivity contribution in [1.82, 2.24) is 0 Å². The number of carbonyl (C=O) groups is 2. The number of benzene rings is 2. The zero-order chi connectivity index (χ0) is 18.3. The van der Waals surface area contributed by atoms with E-state index in [1.54, 1.807) is 0 Å². The first-order valence-corrected chi connectivity index (χ1v) is 9.07.